The van der Waals surface area contributed by atoms with Crippen molar-refractivity contribution in [1.82, 2.24) is 9.80 Å². The minimum atomic E-state index is -0.341. The van der Waals surface area contributed by atoms with Gasteiger partial charge in [-0.05, 0) is 66.8 Å². The number of hydrogen-bond donors (Lipinski definition) is 1. The lowest BCUT2D eigenvalue weighted by molar-refractivity contribution is -0.135. The first-order chi connectivity index (χ1) is 17.4. The zero-order valence-corrected chi connectivity index (χ0v) is 22.0. The molecule has 0 unspecified atom stereocenters. The molecule has 0 spiro atoms. The van der Waals surface area contributed by atoms with E-state index in [0.717, 1.165) is 17.5 Å². The van der Waals surface area contributed by atoms with Crippen LogP contribution in [0.15, 0.2) is 60.0 Å². The fraction of sp³-hybridized carbons (Fsp3) is 0.333. The third-order valence-corrected chi connectivity index (χ3v) is 7.37. The molecule has 190 valence electrons. The molecule has 1 N–H and O–H groups in total. The highest BCUT2D eigenvalue weighted by Gasteiger charge is 2.33. The van der Waals surface area contributed by atoms with Gasteiger partial charge in [-0.3, -0.25) is 4.79 Å². The van der Waals surface area contributed by atoms with E-state index in [2.05, 4.69) is 11.4 Å². The van der Waals surface area contributed by atoms with Crippen LogP contribution in [-0.4, -0.2) is 61.7 Å². The van der Waals surface area contributed by atoms with Crippen LogP contribution in [0.5, 0.6) is 5.75 Å². The molecule has 0 saturated heterocycles. The van der Waals surface area contributed by atoms with Crippen molar-refractivity contribution < 1.29 is 19.1 Å². The van der Waals surface area contributed by atoms with Gasteiger partial charge < -0.3 is 24.6 Å². The number of nitrogens with zero attached hydrogens (tertiary/aromatic N) is 2. The summed E-state index contributed by atoms with van der Waals surface area (Å²) in [7, 11) is 1.57. The van der Waals surface area contributed by atoms with E-state index in [1.54, 1.807) is 30.6 Å². The molecule has 4 rings (SSSR count). The third kappa shape index (κ3) is 6.57. The quantitative estimate of drug-likeness (QED) is 0.405. The molecule has 0 aliphatic carbocycles. The van der Waals surface area contributed by atoms with Crippen molar-refractivity contribution in [3.63, 3.8) is 0 Å². The molecule has 3 aromatic rings. The number of hydrogen-bond acceptors (Lipinski definition) is 5. The predicted octanol–water partition coefficient (Wildman–Crippen LogP) is 5.40. The molecule has 2 aromatic carbocycles. The Labute approximate surface area is 220 Å². The zero-order valence-electron chi connectivity index (χ0n) is 20.4. The smallest absolute Gasteiger partial charge is 0.322 e. The lowest BCUT2D eigenvalue weighted by Crippen LogP contribution is -2.49. The Morgan fingerprint density at radius 1 is 1.14 bits per heavy atom. The summed E-state index contributed by atoms with van der Waals surface area (Å²) in [5.74, 6) is 0.556. The summed E-state index contributed by atoms with van der Waals surface area (Å²) in [4.78, 5) is 31.2. The Bertz CT molecular complexity index is 1170. The van der Waals surface area contributed by atoms with Gasteiger partial charge in [0.15, 0.2) is 0 Å². The summed E-state index contributed by atoms with van der Waals surface area (Å²) in [5.41, 5.74) is 2.88. The van der Waals surface area contributed by atoms with Crippen LogP contribution >= 0.6 is 22.9 Å². The minimum Gasteiger partial charge on any atom is -0.491 e. The topological polar surface area (TPSA) is 71.1 Å². The summed E-state index contributed by atoms with van der Waals surface area (Å²) in [5, 5.41) is 5.57. The molecule has 9 heteroatoms. The molecule has 1 aliphatic heterocycles. The van der Waals surface area contributed by atoms with Gasteiger partial charge in [0.25, 0.3) is 0 Å². The molecule has 36 heavy (non-hydrogen) atoms. The minimum absolute atomic E-state index is 0.0576. The van der Waals surface area contributed by atoms with E-state index in [9.17, 15) is 9.59 Å². The lowest BCUT2D eigenvalue weighted by atomic mass is 10.0. The molecule has 0 bridgehead atoms. The Hall–Kier alpha value is -3.07. The molecule has 7 nitrogen and oxygen atoms in total. The largest absolute Gasteiger partial charge is 0.491 e. The van der Waals surface area contributed by atoms with Gasteiger partial charge in [0.1, 0.15) is 18.9 Å². The molecular weight excluding hydrogens is 498 g/mol. The van der Waals surface area contributed by atoms with Gasteiger partial charge in [-0.25, -0.2) is 4.79 Å². The summed E-state index contributed by atoms with van der Waals surface area (Å²) in [6, 6.07) is 16.2. The average molecular weight is 528 g/mol. The molecule has 0 fully saturated rings. The first-order valence-electron chi connectivity index (χ1n) is 11.8. The highest BCUT2D eigenvalue weighted by Crippen LogP contribution is 2.34. The van der Waals surface area contributed by atoms with Gasteiger partial charge in [-0.1, -0.05) is 29.3 Å². The molecular formula is C27H30ClN3O4S. The van der Waals surface area contributed by atoms with Gasteiger partial charge in [0, 0.05) is 35.8 Å². The third-order valence-electron chi connectivity index (χ3n) is 6.12. The first-order valence-corrected chi connectivity index (χ1v) is 13.1. The van der Waals surface area contributed by atoms with Crippen molar-refractivity contribution >= 4 is 40.6 Å². The van der Waals surface area contributed by atoms with Gasteiger partial charge in [-0.2, -0.15) is 0 Å². The number of methoxy groups -OCH3 is 1. The van der Waals surface area contributed by atoms with Crippen molar-refractivity contribution in [2.75, 3.05) is 45.3 Å². The Morgan fingerprint density at radius 2 is 1.89 bits per heavy atom. The number of halogens is 1. The Balaban J connectivity index is 1.47. The number of benzene rings is 2. The highest BCUT2D eigenvalue weighted by atomic mass is 35.5. The highest BCUT2D eigenvalue weighted by molar-refractivity contribution is 7.10. The van der Waals surface area contributed by atoms with Gasteiger partial charge in [0.2, 0.25) is 5.91 Å². The van der Waals surface area contributed by atoms with Crippen LogP contribution in [0.25, 0.3) is 0 Å². The van der Waals surface area contributed by atoms with Crippen molar-refractivity contribution in [1.29, 1.82) is 0 Å². The second-order valence-corrected chi connectivity index (χ2v) is 10.1. The van der Waals surface area contributed by atoms with Gasteiger partial charge in [0.05, 0.1) is 12.6 Å². The van der Waals surface area contributed by atoms with Crippen molar-refractivity contribution in [3.05, 3.63) is 81.0 Å². The lowest BCUT2D eigenvalue weighted by Gasteiger charge is -2.37. The van der Waals surface area contributed by atoms with Gasteiger partial charge >= 0.3 is 6.03 Å². The summed E-state index contributed by atoms with van der Waals surface area (Å²) >= 11 is 7.69. The average Bonchev–Trinajstić information content (AvgIpc) is 3.36. The number of anilines is 1. The summed E-state index contributed by atoms with van der Waals surface area (Å²) in [6.07, 6.45) is 0.782. The predicted molar refractivity (Wildman–Crippen MR) is 143 cm³/mol. The van der Waals surface area contributed by atoms with Crippen LogP contribution in [0.2, 0.25) is 5.02 Å². The number of nitrogens with one attached hydrogen (secondary N) is 1. The van der Waals surface area contributed by atoms with Crippen LogP contribution in [0.3, 0.4) is 0 Å². The SMILES string of the molecule is COCCN(CC(=O)N1CCc2sccc2[C@@H]1COc1ccc(Cl)cc1)C(=O)Nc1ccc(C)cc1. The van der Waals surface area contributed by atoms with Crippen LogP contribution < -0.4 is 10.1 Å². The number of carbonyl (C=O) groups is 2. The second-order valence-electron chi connectivity index (χ2n) is 8.63. The molecule has 0 radical (unpaired) electrons. The molecule has 1 atom stereocenters. The van der Waals surface area contributed by atoms with Crippen LogP contribution in [0, 0.1) is 6.92 Å². The number of thiophene rings is 1. The van der Waals surface area contributed by atoms with Crippen molar-refractivity contribution in [3.8, 4) is 5.75 Å². The number of fused-ring (bicyclic) bond motifs is 1. The monoisotopic (exact) mass is 527 g/mol. The number of amides is 3. The Morgan fingerprint density at radius 3 is 2.61 bits per heavy atom. The van der Waals surface area contributed by atoms with E-state index in [1.165, 1.54) is 9.78 Å². The zero-order chi connectivity index (χ0) is 25.5. The van der Waals surface area contributed by atoms with E-state index < -0.39 is 0 Å². The fourth-order valence-corrected chi connectivity index (χ4v) is 5.18. The van der Waals surface area contributed by atoms with E-state index >= 15 is 0 Å². The number of carbonyl (C=O) groups excluding carboxylic acids is 2. The summed E-state index contributed by atoms with van der Waals surface area (Å²) < 4.78 is 11.2. The maximum atomic E-state index is 13.6. The summed E-state index contributed by atoms with van der Waals surface area (Å²) in [6.45, 7) is 3.43. The van der Waals surface area contributed by atoms with Crippen molar-refractivity contribution in [2.24, 2.45) is 0 Å². The van der Waals surface area contributed by atoms with E-state index in [4.69, 9.17) is 21.1 Å². The molecule has 1 aliphatic rings. The molecule has 0 saturated carbocycles. The molecule has 2 heterocycles. The van der Waals surface area contributed by atoms with E-state index in [-0.39, 0.29) is 24.5 Å². The van der Waals surface area contributed by atoms with Crippen molar-refractivity contribution in [2.45, 2.75) is 19.4 Å². The maximum Gasteiger partial charge on any atom is 0.322 e. The molecule has 1 aromatic heterocycles. The molecule has 3 amide bonds. The van der Waals surface area contributed by atoms with Crippen LogP contribution in [0.1, 0.15) is 22.0 Å². The van der Waals surface area contributed by atoms with E-state index in [1.807, 2.05) is 53.6 Å². The number of urea groups is 1. The number of rotatable bonds is 9. The van der Waals surface area contributed by atoms with Gasteiger partial charge in [-0.15, -0.1) is 11.3 Å². The Kier molecular flexibility index (Phi) is 8.85. The van der Waals surface area contributed by atoms with Crippen LogP contribution in [0.4, 0.5) is 10.5 Å². The maximum absolute atomic E-state index is 13.6. The van der Waals surface area contributed by atoms with E-state index in [0.29, 0.717) is 42.8 Å². The standard InChI is InChI=1S/C27H30ClN3O4S/c1-19-3-7-21(8-4-19)29-27(33)30(14-15-34-2)17-26(32)31-13-11-25-23(12-16-36-25)24(31)18-35-22-9-5-20(28)6-10-22/h3-10,12,16,24H,11,13-15,17-18H2,1-2H3,(H,29,33)/t24-/m0/s1. The second kappa shape index (κ2) is 12.3. The number of ether oxygens (including phenoxy) is 2. The normalized spacial score (nSPS) is 14.8. The van der Waals surface area contributed by atoms with Crippen LogP contribution in [-0.2, 0) is 16.0 Å². The first kappa shape index (κ1) is 26.0. The number of aryl methyl sites for hydroxylation is 1. The fourth-order valence-electron chi connectivity index (χ4n) is 4.13.